The number of aromatic nitrogens is 2. The average molecular weight is 246 g/mol. The number of fused-ring (bicyclic) bond motifs is 1. The van der Waals surface area contributed by atoms with Gasteiger partial charge in [0.1, 0.15) is 0 Å². The zero-order valence-corrected chi connectivity index (χ0v) is 9.91. The zero-order chi connectivity index (χ0) is 11.7. The number of hydrogen-bond donors (Lipinski definition) is 2. The summed E-state index contributed by atoms with van der Waals surface area (Å²) in [4.78, 5) is 3.32. The van der Waals surface area contributed by atoms with E-state index in [9.17, 15) is 0 Å². The van der Waals surface area contributed by atoms with Gasteiger partial charge in [-0.15, -0.1) is 0 Å². The number of para-hydroxylation sites is 1. The Labute approximate surface area is 104 Å². The SMILES string of the molecule is Clc1c(CNn2cccc2)[nH]c2ccccc12. The van der Waals surface area contributed by atoms with Crippen molar-refractivity contribution >= 4 is 22.5 Å². The molecule has 3 nitrogen and oxygen atoms in total. The lowest BCUT2D eigenvalue weighted by atomic mass is 10.2. The highest BCUT2D eigenvalue weighted by atomic mass is 35.5. The predicted octanol–water partition coefficient (Wildman–Crippen LogP) is 3.37. The Hall–Kier alpha value is -1.87. The molecule has 0 spiro atoms. The molecule has 0 atom stereocenters. The Morgan fingerprint density at radius 3 is 2.65 bits per heavy atom. The van der Waals surface area contributed by atoms with Crippen LogP contribution in [-0.2, 0) is 6.54 Å². The Morgan fingerprint density at radius 1 is 1.12 bits per heavy atom. The molecule has 0 aliphatic carbocycles. The fourth-order valence-corrected chi connectivity index (χ4v) is 2.17. The van der Waals surface area contributed by atoms with E-state index in [4.69, 9.17) is 11.6 Å². The minimum absolute atomic E-state index is 0.669. The molecule has 1 aromatic carbocycles. The minimum atomic E-state index is 0.669. The van der Waals surface area contributed by atoms with Crippen molar-refractivity contribution in [2.75, 3.05) is 5.43 Å². The number of halogens is 1. The van der Waals surface area contributed by atoms with Gasteiger partial charge in [0.15, 0.2) is 0 Å². The summed E-state index contributed by atoms with van der Waals surface area (Å²) in [6.07, 6.45) is 3.91. The van der Waals surface area contributed by atoms with E-state index in [0.29, 0.717) is 6.54 Å². The van der Waals surface area contributed by atoms with Crippen molar-refractivity contribution in [3.05, 3.63) is 59.5 Å². The van der Waals surface area contributed by atoms with Crippen molar-refractivity contribution in [3.8, 4) is 0 Å². The predicted molar refractivity (Wildman–Crippen MR) is 70.8 cm³/mol. The molecule has 3 aromatic rings. The molecule has 0 amide bonds. The third-order valence-corrected chi connectivity index (χ3v) is 3.19. The first-order valence-electron chi connectivity index (χ1n) is 5.46. The van der Waals surface area contributed by atoms with Gasteiger partial charge in [-0.05, 0) is 18.2 Å². The zero-order valence-electron chi connectivity index (χ0n) is 9.15. The maximum Gasteiger partial charge on any atom is 0.0729 e. The lowest BCUT2D eigenvalue weighted by molar-refractivity contribution is 0.835. The first-order valence-corrected chi connectivity index (χ1v) is 5.84. The van der Waals surface area contributed by atoms with E-state index in [-0.39, 0.29) is 0 Å². The second-order valence-corrected chi connectivity index (χ2v) is 4.27. The van der Waals surface area contributed by atoms with E-state index in [2.05, 4.69) is 10.4 Å². The van der Waals surface area contributed by atoms with Gasteiger partial charge >= 0.3 is 0 Å². The van der Waals surface area contributed by atoms with Crippen LogP contribution in [0, 0.1) is 0 Å². The van der Waals surface area contributed by atoms with E-state index >= 15 is 0 Å². The van der Waals surface area contributed by atoms with Gasteiger partial charge in [0, 0.05) is 23.3 Å². The topological polar surface area (TPSA) is 32.8 Å². The number of benzene rings is 1. The van der Waals surface area contributed by atoms with E-state index in [1.807, 2.05) is 53.5 Å². The highest BCUT2D eigenvalue weighted by Crippen LogP contribution is 2.26. The number of H-pyrrole nitrogens is 1. The number of aromatic amines is 1. The molecule has 0 fully saturated rings. The first kappa shape index (κ1) is 10.3. The normalized spacial score (nSPS) is 10.9. The van der Waals surface area contributed by atoms with Gasteiger partial charge < -0.3 is 10.4 Å². The van der Waals surface area contributed by atoms with E-state index in [0.717, 1.165) is 21.6 Å². The highest BCUT2D eigenvalue weighted by Gasteiger charge is 2.07. The van der Waals surface area contributed by atoms with Crippen LogP contribution >= 0.6 is 11.6 Å². The third-order valence-electron chi connectivity index (χ3n) is 2.76. The summed E-state index contributed by atoms with van der Waals surface area (Å²) in [5.74, 6) is 0. The molecule has 0 unspecified atom stereocenters. The molecule has 0 saturated heterocycles. The van der Waals surface area contributed by atoms with Crippen molar-refractivity contribution in [2.45, 2.75) is 6.54 Å². The Balaban J connectivity index is 1.88. The fourth-order valence-electron chi connectivity index (χ4n) is 1.90. The van der Waals surface area contributed by atoms with Crippen LogP contribution in [0.5, 0.6) is 0 Å². The van der Waals surface area contributed by atoms with Gasteiger partial charge in [0.2, 0.25) is 0 Å². The third kappa shape index (κ3) is 1.89. The van der Waals surface area contributed by atoms with Gasteiger partial charge in [-0.1, -0.05) is 29.8 Å². The summed E-state index contributed by atoms with van der Waals surface area (Å²) in [6.45, 7) is 0.669. The number of nitrogens with zero attached hydrogens (tertiary/aromatic N) is 1. The van der Waals surface area contributed by atoms with E-state index in [1.54, 1.807) is 0 Å². The number of hydrogen-bond acceptors (Lipinski definition) is 1. The average Bonchev–Trinajstić information content (AvgIpc) is 2.96. The van der Waals surface area contributed by atoms with Gasteiger partial charge in [-0.2, -0.15) is 0 Å². The highest BCUT2D eigenvalue weighted by molar-refractivity contribution is 6.36. The number of rotatable bonds is 3. The molecule has 2 aromatic heterocycles. The monoisotopic (exact) mass is 245 g/mol. The van der Waals surface area contributed by atoms with Crippen LogP contribution in [0.2, 0.25) is 5.02 Å². The molecule has 4 heteroatoms. The lowest BCUT2D eigenvalue weighted by Gasteiger charge is -2.05. The Morgan fingerprint density at radius 2 is 1.88 bits per heavy atom. The largest absolute Gasteiger partial charge is 0.356 e. The van der Waals surface area contributed by atoms with Crippen LogP contribution < -0.4 is 5.43 Å². The van der Waals surface area contributed by atoms with Crippen LogP contribution in [0.3, 0.4) is 0 Å². The second-order valence-electron chi connectivity index (χ2n) is 3.89. The lowest BCUT2D eigenvalue weighted by Crippen LogP contribution is -2.12. The maximum absolute atomic E-state index is 6.32. The van der Waals surface area contributed by atoms with E-state index < -0.39 is 0 Å². The van der Waals surface area contributed by atoms with Crippen LogP contribution in [0.15, 0.2) is 48.8 Å². The van der Waals surface area contributed by atoms with Crippen LogP contribution in [0.1, 0.15) is 5.69 Å². The summed E-state index contributed by atoms with van der Waals surface area (Å²) < 4.78 is 1.90. The Kier molecular flexibility index (Phi) is 2.53. The standard InChI is InChI=1S/C13H12ClN3/c14-13-10-5-1-2-6-11(10)16-12(13)9-15-17-7-3-4-8-17/h1-8,15-16H,9H2. The molecular weight excluding hydrogens is 234 g/mol. The van der Waals surface area contributed by atoms with Crippen LogP contribution in [0.25, 0.3) is 10.9 Å². The molecule has 0 saturated carbocycles. The molecule has 17 heavy (non-hydrogen) atoms. The molecular formula is C13H12ClN3. The van der Waals surface area contributed by atoms with Gasteiger partial charge in [-0.3, -0.25) is 4.68 Å². The Bertz CT molecular complexity index is 625. The molecule has 2 heterocycles. The van der Waals surface area contributed by atoms with Crippen molar-refractivity contribution in [3.63, 3.8) is 0 Å². The summed E-state index contributed by atoms with van der Waals surface area (Å²) >= 11 is 6.32. The molecule has 86 valence electrons. The van der Waals surface area contributed by atoms with Crippen LogP contribution in [-0.4, -0.2) is 9.66 Å². The molecule has 2 N–H and O–H groups in total. The fraction of sp³-hybridized carbons (Fsp3) is 0.0769. The minimum Gasteiger partial charge on any atom is -0.356 e. The second kappa shape index (κ2) is 4.18. The summed E-state index contributed by atoms with van der Waals surface area (Å²) in [5, 5.41) is 1.86. The van der Waals surface area contributed by atoms with Crippen molar-refractivity contribution < 1.29 is 0 Å². The van der Waals surface area contributed by atoms with Crippen molar-refractivity contribution in [2.24, 2.45) is 0 Å². The molecule has 3 rings (SSSR count). The van der Waals surface area contributed by atoms with Crippen LogP contribution in [0.4, 0.5) is 0 Å². The summed E-state index contributed by atoms with van der Waals surface area (Å²) in [7, 11) is 0. The van der Waals surface area contributed by atoms with Crippen molar-refractivity contribution in [1.29, 1.82) is 0 Å². The number of nitrogens with one attached hydrogen (secondary N) is 2. The molecule has 0 radical (unpaired) electrons. The first-order chi connectivity index (χ1) is 8.34. The summed E-state index contributed by atoms with van der Waals surface area (Å²) in [6, 6.07) is 12.0. The van der Waals surface area contributed by atoms with E-state index in [1.165, 1.54) is 0 Å². The smallest absolute Gasteiger partial charge is 0.0729 e. The van der Waals surface area contributed by atoms with Gasteiger partial charge in [-0.25, -0.2) is 0 Å². The molecule has 0 aliphatic rings. The maximum atomic E-state index is 6.32. The quantitative estimate of drug-likeness (QED) is 0.729. The van der Waals surface area contributed by atoms with Crippen molar-refractivity contribution in [1.82, 2.24) is 9.66 Å². The summed E-state index contributed by atoms with van der Waals surface area (Å²) in [5.41, 5.74) is 5.32. The van der Waals surface area contributed by atoms with Gasteiger partial charge in [0.05, 0.1) is 17.3 Å². The van der Waals surface area contributed by atoms with Gasteiger partial charge in [0.25, 0.3) is 0 Å². The molecule has 0 bridgehead atoms. The molecule has 0 aliphatic heterocycles.